The fourth-order valence-corrected chi connectivity index (χ4v) is 3.28. The molecular formula is C15H12ClN3O4S. The van der Waals surface area contributed by atoms with Crippen LogP contribution in [0, 0.1) is 0 Å². The third-order valence-electron chi connectivity index (χ3n) is 3.25. The molecule has 1 aromatic carbocycles. The van der Waals surface area contributed by atoms with Gasteiger partial charge in [0.15, 0.2) is 5.82 Å². The molecule has 0 aliphatic heterocycles. The van der Waals surface area contributed by atoms with Crippen LogP contribution in [0.25, 0.3) is 10.2 Å². The maximum absolute atomic E-state index is 12.0. The number of aromatic nitrogens is 3. The summed E-state index contributed by atoms with van der Waals surface area (Å²) in [5.74, 6) is -0.0284. The lowest BCUT2D eigenvalue weighted by Gasteiger charge is -2.08. The first-order chi connectivity index (χ1) is 11.5. The van der Waals surface area contributed by atoms with E-state index in [1.165, 1.54) is 4.57 Å². The Hall–Kier alpha value is -2.45. The highest BCUT2D eigenvalue weighted by Gasteiger charge is 2.13. The first-order valence-electron chi connectivity index (χ1n) is 6.98. The summed E-state index contributed by atoms with van der Waals surface area (Å²) in [6.45, 7) is 0.253. The van der Waals surface area contributed by atoms with Gasteiger partial charge < -0.3 is 9.84 Å². The minimum atomic E-state index is -0.963. The van der Waals surface area contributed by atoms with Gasteiger partial charge in [0.1, 0.15) is 12.4 Å². The van der Waals surface area contributed by atoms with Crippen LogP contribution in [0.15, 0.2) is 35.4 Å². The first kappa shape index (κ1) is 16.4. The topological polar surface area (TPSA) is 94.3 Å². The summed E-state index contributed by atoms with van der Waals surface area (Å²) in [5, 5.41) is 9.12. The predicted octanol–water partition coefficient (Wildman–Crippen LogP) is 2.56. The molecule has 0 aliphatic rings. The van der Waals surface area contributed by atoms with Crippen molar-refractivity contribution in [2.75, 3.05) is 0 Å². The number of aryl methyl sites for hydroxylation is 1. The second-order valence-electron chi connectivity index (χ2n) is 4.87. The molecule has 7 nitrogen and oxygen atoms in total. The number of carbonyl (C=O) groups is 1. The lowest BCUT2D eigenvalue weighted by Crippen LogP contribution is -2.15. The average Bonchev–Trinajstić information content (AvgIpc) is 2.86. The highest BCUT2D eigenvalue weighted by molar-refractivity contribution is 7.16. The Morgan fingerprint density at radius 1 is 1.33 bits per heavy atom. The Kier molecular flexibility index (Phi) is 4.77. The maximum atomic E-state index is 12.0. The van der Waals surface area contributed by atoms with Crippen LogP contribution >= 0.6 is 22.9 Å². The molecule has 0 fully saturated rings. The van der Waals surface area contributed by atoms with E-state index in [2.05, 4.69) is 9.97 Å². The molecular weight excluding hydrogens is 354 g/mol. The number of carboxylic acid groups (broad SMARTS) is 1. The van der Waals surface area contributed by atoms with Crippen LogP contribution in [0.2, 0.25) is 5.02 Å². The van der Waals surface area contributed by atoms with Gasteiger partial charge in [-0.25, -0.2) is 9.97 Å². The van der Waals surface area contributed by atoms with E-state index in [0.717, 1.165) is 11.3 Å². The molecule has 0 saturated heterocycles. The number of halogens is 1. The van der Waals surface area contributed by atoms with Gasteiger partial charge in [0.05, 0.1) is 21.7 Å². The number of aliphatic carboxylic acids is 1. The molecule has 3 rings (SSSR count). The van der Waals surface area contributed by atoms with Crippen molar-refractivity contribution >= 4 is 39.1 Å². The standard InChI is InChI=1S/C15H12ClN3O4S/c16-9-6-10-12(24-15(22)19(10)5-2-14(20)21)7-11(9)23-8-13-17-3-1-4-18-13/h1,3-4,6-7H,2,5,8H2,(H,20,21). The van der Waals surface area contributed by atoms with Crippen molar-refractivity contribution in [2.45, 2.75) is 19.6 Å². The molecule has 0 spiro atoms. The van der Waals surface area contributed by atoms with Crippen molar-refractivity contribution in [2.24, 2.45) is 0 Å². The van der Waals surface area contributed by atoms with Crippen molar-refractivity contribution in [1.82, 2.24) is 14.5 Å². The Bertz CT molecular complexity index is 939. The number of carboxylic acids is 1. The second kappa shape index (κ2) is 6.98. The third kappa shape index (κ3) is 3.55. The highest BCUT2D eigenvalue weighted by atomic mass is 35.5. The van der Waals surface area contributed by atoms with Crippen LogP contribution in [0.5, 0.6) is 5.75 Å². The summed E-state index contributed by atoms with van der Waals surface area (Å²) in [6.07, 6.45) is 3.10. The lowest BCUT2D eigenvalue weighted by molar-refractivity contribution is -0.137. The van der Waals surface area contributed by atoms with Gasteiger partial charge in [0.2, 0.25) is 0 Å². The molecule has 1 N–H and O–H groups in total. The fourth-order valence-electron chi connectivity index (χ4n) is 2.14. The number of hydrogen-bond donors (Lipinski definition) is 1. The van der Waals surface area contributed by atoms with Crippen molar-refractivity contribution in [3.8, 4) is 5.75 Å². The Balaban J connectivity index is 1.87. The fraction of sp³-hybridized carbons (Fsp3) is 0.200. The molecule has 0 aliphatic carbocycles. The van der Waals surface area contributed by atoms with Crippen molar-refractivity contribution in [1.29, 1.82) is 0 Å². The summed E-state index contributed by atoms with van der Waals surface area (Å²) in [4.78, 5) is 30.6. The monoisotopic (exact) mass is 365 g/mol. The Labute approximate surface area is 145 Å². The Morgan fingerprint density at radius 2 is 2.08 bits per heavy atom. The molecule has 0 radical (unpaired) electrons. The predicted molar refractivity (Wildman–Crippen MR) is 89.7 cm³/mol. The Morgan fingerprint density at radius 3 is 2.79 bits per heavy atom. The number of fused-ring (bicyclic) bond motifs is 1. The summed E-state index contributed by atoms with van der Waals surface area (Å²) in [6, 6.07) is 4.99. The third-order valence-corrected chi connectivity index (χ3v) is 4.48. The van der Waals surface area contributed by atoms with Gasteiger partial charge in [-0.1, -0.05) is 22.9 Å². The van der Waals surface area contributed by atoms with E-state index in [0.29, 0.717) is 26.8 Å². The van der Waals surface area contributed by atoms with E-state index in [4.69, 9.17) is 21.4 Å². The minimum Gasteiger partial charge on any atom is -0.484 e. The normalized spacial score (nSPS) is 10.9. The van der Waals surface area contributed by atoms with Crippen molar-refractivity contribution in [3.63, 3.8) is 0 Å². The quantitative estimate of drug-likeness (QED) is 0.721. The molecule has 9 heteroatoms. The van der Waals surface area contributed by atoms with Gasteiger partial charge in [-0.2, -0.15) is 0 Å². The van der Waals surface area contributed by atoms with Gasteiger partial charge >= 0.3 is 10.8 Å². The van der Waals surface area contributed by atoms with Crippen molar-refractivity contribution in [3.05, 3.63) is 51.1 Å². The molecule has 124 valence electrons. The average molecular weight is 366 g/mol. The van der Waals surface area contributed by atoms with Crippen LogP contribution in [0.1, 0.15) is 12.2 Å². The summed E-state index contributed by atoms with van der Waals surface area (Å²) < 4.78 is 7.71. The SMILES string of the molecule is O=C(O)CCn1c(=O)sc2cc(OCc3ncccn3)c(Cl)cc21. The molecule has 0 saturated carbocycles. The van der Waals surface area contributed by atoms with Crippen LogP contribution in [-0.4, -0.2) is 25.6 Å². The van der Waals surface area contributed by atoms with E-state index in [9.17, 15) is 9.59 Å². The first-order valence-corrected chi connectivity index (χ1v) is 8.17. The highest BCUT2D eigenvalue weighted by Crippen LogP contribution is 2.32. The number of rotatable bonds is 6. The summed E-state index contributed by atoms with van der Waals surface area (Å²) >= 11 is 7.24. The summed E-state index contributed by atoms with van der Waals surface area (Å²) in [7, 11) is 0. The van der Waals surface area contributed by atoms with E-state index >= 15 is 0 Å². The molecule has 3 aromatic rings. The molecule has 0 bridgehead atoms. The van der Waals surface area contributed by atoms with E-state index < -0.39 is 5.97 Å². The van der Waals surface area contributed by atoms with Gasteiger partial charge in [0, 0.05) is 25.0 Å². The zero-order valence-electron chi connectivity index (χ0n) is 12.3. The number of nitrogens with zero attached hydrogens (tertiary/aromatic N) is 3. The molecule has 0 amide bonds. The lowest BCUT2D eigenvalue weighted by atomic mass is 10.3. The molecule has 24 heavy (non-hydrogen) atoms. The molecule has 0 unspecified atom stereocenters. The van der Waals surface area contributed by atoms with Gasteiger partial charge in [0.25, 0.3) is 0 Å². The number of hydrogen-bond acceptors (Lipinski definition) is 6. The van der Waals surface area contributed by atoms with Crippen LogP contribution in [0.4, 0.5) is 0 Å². The van der Waals surface area contributed by atoms with Gasteiger partial charge in [-0.15, -0.1) is 0 Å². The molecule has 2 aromatic heterocycles. The van der Waals surface area contributed by atoms with E-state index in [1.54, 1.807) is 30.6 Å². The molecule has 2 heterocycles. The summed E-state index contributed by atoms with van der Waals surface area (Å²) in [5.41, 5.74) is 0.597. The second-order valence-corrected chi connectivity index (χ2v) is 6.27. The largest absolute Gasteiger partial charge is 0.484 e. The van der Waals surface area contributed by atoms with Crippen LogP contribution in [-0.2, 0) is 17.9 Å². The van der Waals surface area contributed by atoms with E-state index in [1.807, 2.05) is 0 Å². The number of thiazole rings is 1. The zero-order chi connectivity index (χ0) is 17.1. The van der Waals surface area contributed by atoms with E-state index in [-0.39, 0.29) is 24.4 Å². The number of ether oxygens (including phenoxy) is 1. The smallest absolute Gasteiger partial charge is 0.308 e. The van der Waals surface area contributed by atoms with Crippen LogP contribution < -0.4 is 9.61 Å². The van der Waals surface area contributed by atoms with Crippen LogP contribution in [0.3, 0.4) is 0 Å². The van der Waals surface area contributed by atoms with Crippen molar-refractivity contribution < 1.29 is 14.6 Å². The number of benzene rings is 1. The minimum absolute atomic E-state index is 0.0998. The molecule has 0 atom stereocenters. The van der Waals surface area contributed by atoms with Gasteiger partial charge in [-0.05, 0) is 12.1 Å². The van der Waals surface area contributed by atoms with Gasteiger partial charge in [-0.3, -0.25) is 14.2 Å². The zero-order valence-corrected chi connectivity index (χ0v) is 13.9. The maximum Gasteiger partial charge on any atom is 0.308 e.